The minimum atomic E-state index is -1.30. The summed E-state index contributed by atoms with van der Waals surface area (Å²) < 4.78 is 18.0. The van der Waals surface area contributed by atoms with Crippen LogP contribution in [-0.4, -0.2) is 18.2 Å². The second-order valence-electron chi connectivity index (χ2n) is 2.83. The molecule has 0 aliphatic carbocycles. The van der Waals surface area contributed by atoms with Crippen molar-refractivity contribution >= 4 is 17.6 Å². The summed E-state index contributed by atoms with van der Waals surface area (Å²) in [5, 5.41) is 8.61. The van der Waals surface area contributed by atoms with E-state index in [1.165, 1.54) is 13.2 Å². The van der Waals surface area contributed by atoms with Gasteiger partial charge in [0, 0.05) is 0 Å². The van der Waals surface area contributed by atoms with E-state index >= 15 is 0 Å². The molecule has 0 aliphatic rings. The Morgan fingerprint density at radius 3 is 2.67 bits per heavy atom. The molecule has 0 radical (unpaired) electrons. The molecule has 0 aromatic heterocycles. The van der Waals surface area contributed by atoms with E-state index < -0.39 is 17.8 Å². The van der Waals surface area contributed by atoms with Gasteiger partial charge in [-0.05, 0) is 17.7 Å². The Morgan fingerprint density at radius 2 is 2.27 bits per heavy atom. The molecule has 1 rings (SSSR count). The Labute approximate surface area is 90.4 Å². The largest absolute Gasteiger partial charge is 0.492 e. The number of carboxylic acid groups (broad SMARTS) is 1. The van der Waals surface area contributed by atoms with Crippen LogP contribution < -0.4 is 10.5 Å². The maximum absolute atomic E-state index is 13.3. The molecule has 0 heterocycles. The number of aliphatic carboxylic acids is 1. The molecule has 6 heteroatoms. The average Bonchev–Trinajstić information content (AvgIpc) is 2.15. The molecule has 0 spiro atoms. The molecule has 1 aromatic carbocycles. The highest BCUT2D eigenvalue weighted by Crippen LogP contribution is 2.30. The summed E-state index contributed by atoms with van der Waals surface area (Å²) in [4.78, 5) is 10.6. The van der Waals surface area contributed by atoms with E-state index in [1.807, 2.05) is 0 Å². The van der Waals surface area contributed by atoms with Crippen LogP contribution in [0.3, 0.4) is 0 Å². The molecule has 4 nitrogen and oxygen atoms in total. The second kappa shape index (κ2) is 4.46. The number of rotatable bonds is 3. The van der Waals surface area contributed by atoms with Crippen molar-refractivity contribution < 1.29 is 19.0 Å². The predicted molar refractivity (Wildman–Crippen MR) is 52.5 cm³/mol. The van der Waals surface area contributed by atoms with Crippen molar-refractivity contribution in [3.8, 4) is 5.75 Å². The Hall–Kier alpha value is -1.33. The van der Waals surface area contributed by atoms with Crippen LogP contribution in [0.2, 0.25) is 5.02 Å². The van der Waals surface area contributed by atoms with Crippen molar-refractivity contribution in [1.29, 1.82) is 0 Å². The lowest BCUT2D eigenvalue weighted by Gasteiger charge is -2.10. The van der Waals surface area contributed by atoms with Gasteiger partial charge in [0.2, 0.25) is 0 Å². The number of methoxy groups -OCH3 is 1. The molecule has 0 saturated carbocycles. The van der Waals surface area contributed by atoms with E-state index in [2.05, 4.69) is 4.74 Å². The van der Waals surface area contributed by atoms with Crippen LogP contribution in [-0.2, 0) is 4.79 Å². The van der Waals surface area contributed by atoms with Crippen molar-refractivity contribution in [3.63, 3.8) is 0 Å². The minimum Gasteiger partial charge on any atom is -0.492 e. The Balaban J connectivity index is 3.19. The van der Waals surface area contributed by atoms with E-state index in [9.17, 15) is 9.18 Å². The maximum Gasteiger partial charge on any atom is 0.325 e. The molecular weight excluding hydrogens is 225 g/mol. The van der Waals surface area contributed by atoms with Gasteiger partial charge in [-0.1, -0.05) is 11.6 Å². The molecule has 0 unspecified atom stereocenters. The van der Waals surface area contributed by atoms with Gasteiger partial charge in [-0.3, -0.25) is 4.79 Å². The summed E-state index contributed by atoms with van der Waals surface area (Å²) in [6.07, 6.45) is 0. The van der Waals surface area contributed by atoms with Crippen molar-refractivity contribution in [1.82, 2.24) is 0 Å². The Morgan fingerprint density at radius 1 is 1.67 bits per heavy atom. The summed E-state index contributed by atoms with van der Waals surface area (Å²) in [5.41, 5.74) is 5.39. The second-order valence-corrected chi connectivity index (χ2v) is 3.24. The van der Waals surface area contributed by atoms with Gasteiger partial charge >= 0.3 is 5.97 Å². The first-order chi connectivity index (χ1) is 6.97. The number of nitrogens with two attached hydrogens (primary N) is 1. The maximum atomic E-state index is 13.3. The first-order valence-electron chi connectivity index (χ1n) is 3.98. The van der Waals surface area contributed by atoms with Crippen molar-refractivity contribution in [3.05, 3.63) is 28.5 Å². The zero-order valence-electron chi connectivity index (χ0n) is 7.83. The van der Waals surface area contributed by atoms with Gasteiger partial charge in [-0.2, -0.15) is 0 Å². The molecule has 82 valence electrons. The third-order valence-electron chi connectivity index (χ3n) is 1.85. The van der Waals surface area contributed by atoms with Crippen LogP contribution in [0.15, 0.2) is 12.1 Å². The smallest absolute Gasteiger partial charge is 0.325 e. The van der Waals surface area contributed by atoms with Crippen LogP contribution in [0.25, 0.3) is 0 Å². The van der Waals surface area contributed by atoms with Crippen LogP contribution in [0.4, 0.5) is 4.39 Å². The fourth-order valence-electron chi connectivity index (χ4n) is 1.10. The molecule has 0 fully saturated rings. The van der Waals surface area contributed by atoms with E-state index in [-0.39, 0.29) is 16.3 Å². The van der Waals surface area contributed by atoms with Gasteiger partial charge in [-0.25, -0.2) is 4.39 Å². The monoisotopic (exact) mass is 233 g/mol. The van der Waals surface area contributed by atoms with E-state index in [4.69, 9.17) is 22.4 Å². The fraction of sp³-hybridized carbons (Fsp3) is 0.222. The van der Waals surface area contributed by atoms with Gasteiger partial charge in [0.1, 0.15) is 6.04 Å². The molecule has 15 heavy (non-hydrogen) atoms. The highest BCUT2D eigenvalue weighted by molar-refractivity contribution is 6.32. The lowest BCUT2D eigenvalue weighted by Crippen LogP contribution is -2.20. The third kappa shape index (κ3) is 2.37. The van der Waals surface area contributed by atoms with Gasteiger partial charge in [0.05, 0.1) is 12.1 Å². The Bertz CT molecular complexity index is 374. The molecule has 0 saturated heterocycles. The summed E-state index contributed by atoms with van der Waals surface area (Å²) >= 11 is 5.67. The number of carbonyl (C=O) groups is 1. The van der Waals surface area contributed by atoms with Crippen molar-refractivity contribution in [2.45, 2.75) is 6.04 Å². The van der Waals surface area contributed by atoms with E-state index in [1.54, 1.807) is 0 Å². The standard InChI is InChI=1S/C9H9ClFNO3/c1-15-8-5(10)2-4(3-6(8)11)7(12)9(13)14/h2-3,7H,12H2,1H3,(H,13,14)/t7-/m0/s1. The summed E-state index contributed by atoms with van der Waals surface area (Å²) in [7, 11) is 1.26. The van der Waals surface area contributed by atoms with Crippen molar-refractivity contribution in [2.75, 3.05) is 7.11 Å². The number of hydrogen-bond acceptors (Lipinski definition) is 3. The lowest BCUT2D eigenvalue weighted by atomic mass is 10.1. The highest BCUT2D eigenvalue weighted by atomic mass is 35.5. The average molecular weight is 234 g/mol. The van der Waals surface area contributed by atoms with Crippen LogP contribution in [0, 0.1) is 5.82 Å². The predicted octanol–water partition coefficient (Wildman–Crippen LogP) is 1.57. The van der Waals surface area contributed by atoms with E-state index in [0.717, 1.165) is 6.07 Å². The molecule has 1 atom stereocenters. The summed E-state index contributed by atoms with van der Waals surface area (Å²) in [6, 6.07) is 0.953. The molecular formula is C9H9ClFNO3. The van der Waals surface area contributed by atoms with Crippen LogP contribution >= 0.6 is 11.6 Å². The van der Waals surface area contributed by atoms with Crippen LogP contribution in [0.1, 0.15) is 11.6 Å². The van der Waals surface area contributed by atoms with Crippen molar-refractivity contribution in [2.24, 2.45) is 5.73 Å². The SMILES string of the molecule is COc1c(F)cc([C@H](N)C(=O)O)cc1Cl. The van der Waals surface area contributed by atoms with Gasteiger partial charge in [-0.15, -0.1) is 0 Å². The number of benzene rings is 1. The number of carboxylic acids is 1. The van der Waals surface area contributed by atoms with E-state index in [0.29, 0.717) is 0 Å². The summed E-state index contributed by atoms with van der Waals surface area (Å²) in [5.74, 6) is -2.12. The topological polar surface area (TPSA) is 72.5 Å². The zero-order valence-corrected chi connectivity index (χ0v) is 8.58. The first-order valence-corrected chi connectivity index (χ1v) is 4.36. The molecule has 1 aromatic rings. The third-order valence-corrected chi connectivity index (χ3v) is 2.13. The molecule has 0 amide bonds. The first kappa shape index (κ1) is 11.7. The molecule has 0 bridgehead atoms. The fourth-order valence-corrected chi connectivity index (χ4v) is 1.39. The minimum absolute atomic E-state index is 0.01000. The molecule has 0 aliphatic heterocycles. The molecule has 3 N–H and O–H groups in total. The van der Waals surface area contributed by atoms with Crippen LogP contribution in [0.5, 0.6) is 5.75 Å². The number of ether oxygens (including phenoxy) is 1. The van der Waals surface area contributed by atoms with Gasteiger partial charge in [0.25, 0.3) is 0 Å². The van der Waals surface area contributed by atoms with Gasteiger partial charge < -0.3 is 15.6 Å². The zero-order chi connectivity index (χ0) is 11.6. The van der Waals surface area contributed by atoms with Gasteiger partial charge in [0.15, 0.2) is 11.6 Å². The number of halogens is 2. The lowest BCUT2D eigenvalue weighted by molar-refractivity contribution is -0.138. The highest BCUT2D eigenvalue weighted by Gasteiger charge is 2.18. The normalized spacial score (nSPS) is 12.3. The quantitative estimate of drug-likeness (QED) is 0.831. The number of hydrogen-bond donors (Lipinski definition) is 2. The Kier molecular flexibility index (Phi) is 3.49. The summed E-state index contributed by atoms with van der Waals surface area (Å²) in [6.45, 7) is 0.